The summed E-state index contributed by atoms with van der Waals surface area (Å²) in [5, 5.41) is 1.14. The molecule has 2 nitrogen and oxygen atoms in total. The van der Waals surface area contributed by atoms with Gasteiger partial charge in [0.25, 0.3) is 0 Å². The fourth-order valence-corrected chi connectivity index (χ4v) is 3.67. The van der Waals surface area contributed by atoms with E-state index in [1.807, 2.05) is 5.51 Å². The van der Waals surface area contributed by atoms with Gasteiger partial charge in [-0.2, -0.15) is 0 Å². The Morgan fingerprint density at radius 1 is 1.11 bits per heavy atom. The first-order valence-corrected chi connectivity index (χ1v) is 10.4. The second-order valence-corrected chi connectivity index (χ2v) is 11.3. The Balaban J connectivity index is 2.15. The van der Waals surface area contributed by atoms with Gasteiger partial charge in [-0.05, 0) is 24.3 Å². The van der Waals surface area contributed by atoms with Crippen LogP contribution in [0.5, 0.6) is 0 Å². The van der Waals surface area contributed by atoms with Gasteiger partial charge in [0.2, 0.25) is 0 Å². The molecule has 1 aromatic carbocycles. The molecule has 0 amide bonds. The summed E-state index contributed by atoms with van der Waals surface area (Å²) in [4.78, 5) is 4.44. The molecule has 0 aliphatic rings. The van der Waals surface area contributed by atoms with Gasteiger partial charge in [0, 0.05) is 5.56 Å². The number of thiazole rings is 1. The summed E-state index contributed by atoms with van der Waals surface area (Å²) < 4.78 is 7.24. The maximum atomic E-state index is 6.04. The molecule has 0 aliphatic heterocycles. The number of rotatable bonds is 2. The van der Waals surface area contributed by atoms with Crippen LogP contribution in [0.3, 0.4) is 0 Å². The van der Waals surface area contributed by atoms with Crippen LogP contribution in [0.2, 0.25) is 19.6 Å². The molecule has 0 spiro atoms. The Morgan fingerprint density at radius 2 is 1.94 bits per heavy atom. The average Bonchev–Trinajstić information content (AvgIpc) is 2.96. The molecule has 3 aromatic rings. The van der Waals surface area contributed by atoms with Gasteiger partial charge in [0.15, 0.2) is 0 Å². The fourth-order valence-electron chi connectivity index (χ4n) is 1.97. The minimum absolute atomic E-state index is 0.934. The van der Waals surface area contributed by atoms with Crippen LogP contribution in [-0.2, 0) is 0 Å². The summed E-state index contributed by atoms with van der Waals surface area (Å²) >= 11 is 1.66. The highest BCUT2D eigenvalue weighted by Gasteiger charge is 2.21. The van der Waals surface area contributed by atoms with E-state index in [2.05, 4.69) is 55.0 Å². The van der Waals surface area contributed by atoms with E-state index in [-0.39, 0.29) is 0 Å². The normalized spacial score (nSPS) is 12.2. The first kappa shape index (κ1) is 11.7. The summed E-state index contributed by atoms with van der Waals surface area (Å²) in [6.07, 6.45) is 0. The van der Waals surface area contributed by atoms with Crippen LogP contribution in [0.25, 0.3) is 21.5 Å². The average molecular weight is 273 g/mol. The van der Waals surface area contributed by atoms with Gasteiger partial charge in [0.1, 0.15) is 13.8 Å². The van der Waals surface area contributed by atoms with Crippen molar-refractivity contribution in [1.82, 2.24) is 4.98 Å². The Labute approximate surface area is 111 Å². The molecule has 3 rings (SSSR count). The summed E-state index contributed by atoms with van der Waals surface area (Å²) in [6.45, 7) is 6.87. The number of nitrogens with zero attached hydrogens (tertiary/aromatic N) is 1. The van der Waals surface area contributed by atoms with Gasteiger partial charge in [-0.15, -0.1) is 11.3 Å². The van der Waals surface area contributed by atoms with Gasteiger partial charge < -0.3 is 4.42 Å². The Hall–Kier alpha value is -1.39. The molecule has 0 saturated heterocycles. The minimum Gasteiger partial charge on any atom is -0.466 e. The highest BCUT2D eigenvalue weighted by Crippen LogP contribution is 2.29. The van der Waals surface area contributed by atoms with E-state index < -0.39 is 8.07 Å². The number of benzene rings is 1. The number of hydrogen-bond acceptors (Lipinski definition) is 3. The van der Waals surface area contributed by atoms with Crippen molar-refractivity contribution in [3.8, 4) is 11.3 Å². The lowest BCUT2D eigenvalue weighted by Gasteiger charge is -2.11. The molecule has 4 heteroatoms. The molecule has 0 bridgehead atoms. The zero-order valence-corrected chi connectivity index (χ0v) is 12.5. The van der Waals surface area contributed by atoms with Crippen molar-refractivity contribution < 1.29 is 4.42 Å². The van der Waals surface area contributed by atoms with Crippen molar-refractivity contribution in [1.29, 1.82) is 0 Å². The molecule has 0 atom stereocenters. The van der Waals surface area contributed by atoms with Crippen molar-refractivity contribution in [3.63, 3.8) is 0 Å². The molecule has 0 aliphatic carbocycles. The van der Waals surface area contributed by atoms with Gasteiger partial charge in [-0.3, -0.25) is 0 Å². The quantitative estimate of drug-likeness (QED) is 0.657. The molecule has 2 heterocycles. The molecule has 0 unspecified atom stereocenters. The number of fused-ring (bicyclic) bond motifs is 1. The third-order valence-corrected chi connectivity index (χ3v) is 5.51. The predicted octanol–water partition coefficient (Wildman–Crippen LogP) is 4.10. The first-order chi connectivity index (χ1) is 8.55. The largest absolute Gasteiger partial charge is 0.466 e. The topological polar surface area (TPSA) is 26.0 Å². The standard InChI is InChI=1S/C14H15NOSSi/c1-18(2,3)13-8-7-11(16-13)10-5-4-6-12-14(10)15-9-17-12/h4-9H,1-3H3. The van der Waals surface area contributed by atoms with E-state index in [9.17, 15) is 0 Å². The number of hydrogen-bond donors (Lipinski definition) is 0. The lowest BCUT2D eigenvalue weighted by Crippen LogP contribution is -2.36. The second-order valence-electron chi connectivity index (χ2n) is 5.42. The predicted molar refractivity (Wildman–Crippen MR) is 80.3 cm³/mol. The van der Waals surface area contributed by atoms with Crippen LogP contribution in [0.4, 0.5) is 0 Å². The summed E-state index contributed by atoms with van der Waals surface area (Å²) in [5.74, 6) is 0.934. The minimum atomic E-state index is -1.38. The molecule has 2 aromatic heterocycles. The Bertz CT molecular complexity index is 693. The SMILES string of the molecule is C[Si](C)(C)c1ccc(-c2cccc3scnc23)o1. The van der Waals surface area contributed by atoms with Crippen LogP contribution < -0.4 is 5.38 Å². The third kappa shape index (κ3) is 1.91. The first-order valence-electron chi connectivity index (χ1n) is 5.98. The van der Waals surface area contributed by atoms with E-state index >= 15 is 0 Å². The van der Waals surface area contributed by atoms with Crippen LogP contribution >= 0.6 is 11.3 Å². The molecular formula is C14H15NOSSi. The van der Waals surface area contributed by atoms with Crippen molar-refractivity contribution in [2.24, 2.45) is 0 Å². The van der Waals surface area contributed by atoms with E-state index in [0.717, 1.165) is 22.2 Å². The maximum Gasteiger partial charge on any atom is 0.135 e. The highest BCUT2D eigenvalue weighted by atomic mass is 32.1. The molecule has 0 saturated carbocycles. The van der Waals surface area contributed by atoms with Crippen LogP contribution in [0, 0.1) is 0 Å². The fraction of sp³-hybridized carbons (Fsp3) is 0.214. The summed E-state index contributed by atoms with van der Waals surface area (Å²) in [6, 6.07) is 10.4. The molecule has 0 radical (unpaired) electrons. The third-order valence-electron chi connectivity index (χ3n) is 2.97. The molecule has 0 N–H and O–H groups in total. The van der Waals surface area contributed by atoms with E-state index in [1.54, 1.807) is 11.3 Å². The highest BCUT2D eigenvalue weighted by molar-refractivity contribution is 7.16. The lowest BCUT2D eigenvalue weighted by molar-refractivity contribution is 0.613. The monoisotopic (exact) mass is 273 g/mol. The van der Waals surface area contributed by atoms with Crippen LogP contribution in [0.1, 0.15) is 0 Å². The Kier molecular flexibility index (Phi) is 2.64. The summed E-state index contributed by atoms with van der Waals surface area (Å²) in [7, 11) is -1.38. The van der Waals surface area contributed by atoms with E-state index in [4.69, 9.17) is 4.42 Å². The second kappa shape index (κ2) is 4.07. The number of furan rings is 1. The van der Waals surface area contributed by atoms with Crippen LogP contribution in [-0.4, -0.2) is 13.1 Å². The molecule has 92 valence electrons. The van der Waals surface area contributed by atoms with Gasteiger partial charge in [-0.1, -0.05) is 25.7 Å². The van der Waals surface area contributed by atoms with E-state index in [0.29, 0.717) is 0 Å². The molecular weight excluding hydrogens is 258 g/mol. The van der Waals surface area contributed by atoms with Crippen molar-refractivity contribution in [3.05, 3.63) is 35.8 Å². The van der Waals surface area contributed by atoms with Gasteiger partial charge in [0.05, 0.1) is 21.1 Å². The zero-order chi connectivity index (χ0) is 12.8. The van der Waals surface area contributed by atoms with E-state index in [1.165, 1.54) is 4.70 Å². The Morgan fingerprint density at radius 3 is 2.67 bits per heavy atom. The van der Waals surface area contributed by atoms with Crippen molar-refractivity contribution >= 4 is 35.0 Å². The maximum absolute atomic E-state index is 6.04. The van der Waals surface area contributed by atoms with Gasteiger partial charge in [-0.25, -0.2) is 4.98 Å². The number of aromatic nitrogens is 1. The zero-order valence-electron chi connectivity index (χ0n) is 10.7. The van der Waals surface area contributed by atoms with Crippen LogP contribution in [0.15, 0.2) is 40.3 Å². The molecule has 18 heavy (non-hydrogen) atoms. The summed E-state index contributed by atoms with van der Waals surface area (Å²) in [5.41, 5.74) is 4.02. The smallest absolute Gasteiger partial charge is 0.135 e. The van der Waals surface area contributed by atoms with Crippen molar-refractivity contribution in [2.45, 2.75) is 19.6 Å². The molecule has 0 fully saturated rings. The van der Waals surface area contributed by atoms with Gasteiger partial charge >= 0.3 is 0 Å². The number of para-hydroxylation sites is 1. The lowest BCUT2D eigenvalue weighted by atomic mass is 10.1. The van der Waals surface area contributed by atoms with Crippen molar-refractivity contribution in [2.75, 3.05) is 0 Å².